The van der Waals surface area contributed by atoms with Gasteiger partial charge in [-0.05, 0) is 36.0 Å². The topological polar surface area (TPSA) is 34.1 Å². The minimum absolute atomic E-state index is 0.295. The molecule has 0 saturated heterocycles. The van der Waals surface area contributed by atoms with Crippen LogP contribution in [-0.4, -0.2) is 5.52 Å². The summed E-state index contributed by atoms with van der Waals surface area (Å²) < 4.78 is 10.7. The van der Waals surface area contributed by atoms with Crippen LogP contribution in [0.4, 0.5) is 0 Å². The van der Waals surface area contributed by atoms with Crippen LogP contribution in [0.3, 0.4) is 0 Å². The number of rotatable bonds is 5. The van der Waals surface area contributed by atoms with Gasteiger partial charge >= 0.3 is 0 Å². The molecule has 3 heteroatoms. The second kappa shape index (κ2) is 5.91. The molecular formula is C13H17O2P. The standard InChI is InChI=1S/C13H17O2P/c1-4-9-7-10(5-2)12(13(14)16-15)11(6-3)8-9/h7-8H,4-6H2,1-3H3. The second-order valence-corrected chi connectivity index (χ2v) is 4.33. The van der Waals surface area contributed by atoms with Gasteiger partial charge in [-0.15, -0.1) is 0 Å². The highest BCUT2D eigenvalue weighted by Crippen LogP contribution is 2.23. The maximum absolute atomic E-state index is 11.6. The fraction of sp³-hybridized carbons (Fsp3) is 0.462. The Balaban J connectivity index is 3.42. The summed E-state index contributed by atoms with van der Waals surface area (Å²) in [6.45, 7) is 6.14. The lowest BCUT2D eigenvalue weighted by Gasteiger charge is -2.11. The molecule has 0 spiro atoms. The molecule has 0 unspecified atom stereocenters. The average Bonchev–Trinajstić information content (AvgIpc) is 2.35. The van der Waals surface area contributed by atoms with Crippen LogP contribution in [0, 0.1) is 0 Å². The Morgan fingerprint density at radius 3 is 1.88 bits per heavy atom. The summed E-state index contributed by atoms with van der Waals surface area (Å²) >= 11 is 0. The summed E-state index contributed by atoms with van der Waals surface area (Å²) in [5.41, 5.74) is 3.65. The molecule has 1 rings (SSSR count). The molecule has 1 aromatic rings. The fourth-order valence-corrected chi connectivity index (χ4v) is 2.30. The quantitative estimate of drug-likeness (QED) is 0.728. The molecule has 0 aliphatic rings. The third-order valence-electron chi connectivity index (χ3n) is 2.83. The van der Waals surface area contributed by atoms with Gasteiger partial charge in [0.05, 0.1) is 0 Å². The summed E-state index contributed by atoms with van der Waals surface area (Å²) in [6.07, 6.45) is 2.57. The molecular weight excluding hydrogens is 219 g/mol. The maximum Gasteiger partial charge on any atom is 0.253 e. The van der Waals surface area contributed by atoms with Crippen molar-refractivity contribution in [2.75, 3.05) is 0 Å². The van der Waals surface area contributed by atoms with E-state index in [-0.39, 0.29) is 5.52 Å². The Morgan fingerprint density at radius 2 is 1.56 bits per heavy atom. The minimum atomic E-state index is -0.411. The van der Waals surface area contributed by atoms with Gasteiger partial charge in [-0.2, -0.15) is 0 Å². The van der Waals surface area contributed by atoms with Gasteiger partial charge in [0, 0.05) is 5.56 Å². The molecule has 0 radical (unpaired) electrons. The van der Waals surface area contributed by atoms with E-state index in [2.05, 4.69) is 19.1 Å². The highest BCUT2D eigenvalue weighted by molar-refractivity contribution is 7.47. The SMILES string of the molecule is CCc1cc(CC)c(C(=O)P=O)c(CC)c1. The number of aryl methyl sites for hydroxylation is 3. The third kappa shape index (κ3) is 2.56. The number of hydrogen-bond acceptors (Lipinski definition) is 2. The molecule has 86 valence electrons. The smallest absolute Gasteiger partial charge is 0.253 e. The van der Waals surface area contributed by atoms with Crippen LogP contribution >= 0.6 is 8.46 Å². The molecule has 0 aromatic heterocycles. The van der Waals surface area contributed by atoms with Gasteiger partial charge in [-0.1, -0.05) is 32.9 Å². The molecule has 0 amide bonds. The maximum atomic E-state index is 11.6. The molecule has 0 N–H and O–H groups in total. The number of carbonyl (C=O) groups is 1. The van der Waals surface area contributed by atoms with Crippen molar-refractivity contribution in [1.29, 1.82) is 0 Å². The second-order valence-electron chi connectivity index (χ2n) is 3.75. The molecule has 0 aliphatic carbocycles. The zero-order chi connectivity index (χ0) is 12.1. The van der Waals surface area contributed by atoms with Gasteiger partial charge in [0.1, 0.15) is 0 Å². The molecule has 0 fully saturated rings. The lowest BCUT2D eigenvalue weighted by molar-refractivity contribution is 0.108. The van der Waals surface area contributed by atoms with E-state index in [1.165, 1.54) is 5.56 Å². The van der Waals surface area contributed by atoms with Gasteiger partial charge in [0.15, 0.2) is 0 Å². The number of carbonyl (C=O) groups excluding carboxylic acids is 1. The van der Waals surface area contributed by atoms with Gasteiger partial charge in [0.2, 0.25) is 8.46 Å². The zero-order valence-corrected chi connectivity index (χ0v) is 10.9. The van der Waals surface area contributed by atoms with Crippen LogP contribution in [0.1, 0.15) is 47.8 Å². The number of benzene rings is 1. The number of hydrogen-bond donors (Lipinski definition) is 0. The highest BCUT2D eigenvalue weighted by atomic mass is 31.1. The van der Waals surface area contributed by atoms with Crippen molar-refractivity contribution in [2.24, 2.45) is 0 Å². The lowest BCUT2D eigenvalue weighted by atomic mass is 9.94. The predicted octanol–water partition coefficient (Wildman–Crippen LogP) is 3.81. The first-order valence-electron chi connectivity index (χ1n) is 5.70. The van der Waals surface area contributed by atoms with Crippen molar-refractivity contribution >= 4 is 14.0 Å². The van der Waals surface area contributed by atoms with Crippen LogP contribution in [0.15, 0.2) is 12.1 Å². The Bertz CT molecular complexity index is 385. The molecule has 0 saturated carbocycles. The van der Waals surface area contributed by atoms with Gasteiger partial charge in [-0.3, -0.25) is 9.36 Å². The minimum Gasteiger partial charge on any atom is -0.280 e. The fourth-order valence-electron chi connectivity index (χ4n) is 1.92. The van der Waals surface area contributed by atoms with Crippen molar-refractivity contribution in [3.8, 4) is 0 Å². The van der Waals surface area contributed by atoms with Crippen LogP contribution < -0.4 is 0 Å². The Kier molecular flexibility index (Phi) is 4.82. The largest absolute Gasteiger partial charge is 0.280 e. The van der Waals surface area contributed by atoms with Crippen molar-refractivity contribution in [3.05, 3.63) is 34.4 Å². The first kappa shape index (κ1) is 13.1. The van der Waals surface area contributed by atoms with E-state index in [9.17, 15) is 9.36 Å². The van der Waals surface area contributed by atoms with E-state index < -0.39 is 8.46 Å². The van der Waals surface area contributed by atoms with Gasteiger partial charge in [0.25, 0.3) is 5.52 Å². The van der Waals surface area contributed by atoms with E-state index in [4.69, 9.17) is 0 Å². The Morgan fingerprint density at radius 1 is 1.06 bits per heavy atom. The molecule has 0 bridgehead atoms. The Labute approximate surface area is 98.3 Å². The predicted molar refractivity (Wildman–Crippen MR) is 66.5 cm³/mol. The third-order valence-corrected chi connectivity index (χ3v) is 3.22. The average molecular weight is 236 g/mol. The van der Waals surface area contributed by atoms with E-state index in [0.717, 1.165) is 30.4 Å². The van der Waals surface area contributed by atoms with Crippen molar-refractivity contribution in [3.63, 3.8) is 0 Å². The van der Waals surface area contributed by atoms with Crippen LogP contribution in [0.2, 0.25) is 0 Å². The summed E-state index contributed by atoms with van der Waals surface area (Å²) in [7, 11) is -0.411. The Hall–Kier alpha value is -1.01. The van der Waals surface area contributed by atoms with Crippen LogP contribution in [-0.2, 0) is 23.8 Å². The van der Waals surface area contributed by atoms with E-state index >= 15 is 0 Å². The zero-order valence-electron chi connectivity index (χ0n) is 10.0. The molecule has 0 aliphatic heterocycles. The summed E-state index contributed by atoms with van der Waals surface area (Å²) in [6, 6.07) is 4.11. The normalized spacial score (nSPS) is 10.7. The molecule has 1 aromatic carbocycles. The van der Waals surface area contributed by atoms with E-state index in [0.29, 0.717) is 5.56 Å². The van der Waals surface area contributed by atoms with Gasteiger partial charge < -0.3 is 0 Å². The molecule has 0 atom stereocenters. The summed E-state index contributed by atoms with van der Waals surface area (Å²) in [5.74, 6) is 0. The molecule has 2 nitrogen and oxygen atoms in total. The lowest BCUT2D eigenvalue weighted by Crippen LogP contribution is -2.04. The first-order chi connectivity index (χ1) is 7.67. The summed E-state index contributed by atoms with van der Waals surface area (Å²) in [4.78, 5) is 11.6. The van der Waals surface area contributed by atoms with Crippen molar-refractivity contribution < 1.29 is 9.36 Å². The highest BCUT2D eigenvalue weighted by Gasteiger charge is 2.15. The monoisotopic (exact) mass is 236 g/mol. The van der Waals surface area contributed by atoms with Crippen molar-refractivity contribution in [2.45, 2.75) is 40.0 Å². The summed E-state index contributed by atoms with van der Waals surface area (Å²) in [5, 5.41) is 0. The van der Waals surface area contributed by atoms with Crippen LogP contribution in [0.5, 0.6) is 0 Å². The molecule has 16 heavy (non-hydrogen) atoms. The van der Waals surface area contributed by atoms with E-state index in [1.54, 1.807) is 0 Å². The molecule has 0 heterocycles. The van der Waals surface area contributed by atoms with Crippen molar-refractivity contribution in [1.82, 2.24) is 0 Å². The van der Waals surface area contributed by atoms with Gasteiger partial charge in [-0.25, -0.2) is 0 Å². The van der Waals surface area contributed by atoms with Crippen LogP contribution in [0.25, 0.3) is 0 Å². The van der Waals surface area contributed by atoms with E-state index in [1.807, 2.05) is 13.8 Å². The first-order valence-corrected chi connectivity index (χ1v) is 6.51.